The third-order valence-electron chi connectivity index (χ3n) is 3.78. The van der Waals surface area contributed by atoms with Crippen LogP contribution in [0.1, 0.15) is 17.4 Å². The van der Waals surface area contributed by atoms with E-state index in [1.54, 1.807) is 13.4 Å². The van der Waals surface area contributed by atoms with Gasteiger partial charge in [0.25, 0.3) is 0 Å². The zero-order valence-electron chi connectivity index (χ0n) is 13.1. The van der Waals surface area contributed by atoms with E-state index in [1.807, 2.05) is 30.3 Å². The molecule has 1 aliphatic rings. The summed E-state index contributed by atoms with van der Waals surface area (Å²) in [5.41, 5.74) is 0.802. The predicted molar refractivity (Wildman–Crippen MR) is 83.4 cm³/mol. The van der Waals surface area contributed by atoms with Crippen LogP contribution in [0.5, 0.6) is 11.5 Å². The number of benzene rings is 1. The zero-order chi connectivity index (χ0) is 16.1. The van der Waals surface area contributed by atoms with Gasteiger partial charge in [-0.05, 0) is 29.8 Å². The number of aliphatic hydroxyl groups is 1. The third kappa shape index (κ3) is 4.04. The van der Waals surface area contributed by atoms with Crippen molar-refractivity contribution in [3.05, 3.63) is 47.9 Å². The van der Waals surface area contributed by atoms with Crippen molar-refractivity contribution < 1.29 is 23.7 Å². The van der Waals surface area contributed by atoms with Gasteiger partial charge < -0.3 is 23.7 Å². The van der Waals surface area contributed by atoms with Gasteiger partial charge in [-0.1, -0.05) is 6.07 Å². The topological polar surface area (TPSA) is 64.3 Å². The maximum atomic E-state index is 10.5. The van der Waals surface area contributed by atoms with Crippen molar-refractivity contribution in [3.63, 3.8) is 0 Å². The Morgan fingerprint density at radius 3 is 2.91 bits per heavy atom. The molecule has 2 heterocycles. The molecular weight excluding hydrogens is 298 g/mol. The summed E-state index contributed by atoms with van der Waals surface area (Å²) < 4.78 is 21.2. The van der Waals surface area contributed by atoms with E-state index in [-0.39, 0.29) is 6.79 Å². The fraction of sp³-hybridized carbons (Fsp3) is 0.412. The SMILES string of the molecule is COCCN(Cc1ccco1)C[C@@H](O)c1ccc2c(c1)OCO2. The maximum absolute atomic E-state index is 10.5. The molecule has 0 saturated carbocycles. The minimum absolute atomic E-state index is 0.230. The molecule has 0 unspecified atom stereocenters. The number of hydrogen-bond acceptors (Lipinski definition) is 6. The summed E-state index contributed by atoms with van der Waals surface area (Å²) in [6, 6.07) is 9.30. The second-order valence-electron chi connectivity index (χ2n) is 5.44. The summed E-state index contributed by atoms with van der Waals surface area (Å²) in [6.07, 6.45) is 1.02. The summed E-state index contributed by atoms with van der Waals surface area (Å²) in [5.74, 6) is 2.25. The Balaban J connectivity index is 1.65. The van der Waals surface area contributed by atoms with Crippen LogP contribution < -0.4 is 9.47 Å². The van der Waals surface area contributed by atoms with Gasteiger partial charge in [-0.25, -0.2) is 0 Å². The highest BCUT2D eigenvalue weighted by molar-refractivity contribution is 5.45. The fourth-order valence-corrected chi connectivity index (χ4v) is 2.55. The number of nitrogens with zero attached hydrogens (tertiary/aromatic N) is 1. The van der Waals surface area contributed by atoms with Crippen molar-refractivity contribution in [2.45, 2.75) is 12.6 Å². The quantitative estimate of drug-likeness (QED) is 0.805. The van der Waals surface area contributed by atoms with E-state index >= 15 is 0 Å². The molecule has 1 aromatic heterocycles. The summed E-state index contributed by atoms with van der Waals surface area (Å²) in [4.78, 5) is 2.09. The number of fused-ring (bicyclic) bond motifs is 1. The van der Waals surface area contributed by atoms with Crippen molar-refractivity contribution in [1.29, 1.82) is 0 Å². The number of ether oxygens (including phenoxy) is 3. The smallest absolute Gasteiger partial charge is 0.231 e. The van der Waals surface area contributed by atoms with E-state index in [1.165, 1.54) is 0 Å². The van der Waals surface area contributed by atoms with Gasteiger partial charge in [0.2, 0.25) is 6.79 Å². The summed E-state index contributed by atoms with van der Waals surface area (Å²) >= 11 is 0. The highest BCUT2D eigenvalue weighted by Gasteiger charge is 2.19. The van der Waals surface area contributed by atoms with Crippen molar-refractivity contribution in [1.82, 2.24) is 4.90 Å². The van der Waals surface area contributed by atoms with E-state index in [0.29, 0.717) is 37.7 Å². The van der Waals surface area contributed by atoms with Crippen LogP contribution in [0.25, 0.3) is 0 Å². The van der Waals surface area contributed by atoms with Crippen LogP contribution in [0.2, 0.25) is 0 Å². The molecule has 0 amide bonds. The highest BCUT2D eigenvalue weighted by Crippen LogP contribution is 2.34. The molecule has 0 fully saturated rings. The highest BCUT2D eigenvalue weighted by atomic mass is 16.7. The molecule has 1 aliphatic heterocycles. The van der Waals surface area contributed by atoms with Crippen molar-refractivity contribution in [3.8, 4) is 11.5 Å². The van der Waals surface area contributed by atoms with E-state index < -0.39 is 6.10 Å². The average Bonchev–Trinajstić information content (AvgIpc) is 3.22. The Morgan fingerprint density at radius 2 is 2.13 bits per heavy atom. The number of hydrogen-bond donors (Lipinski definition) is 1. The molecule has 0 spiro atoms. The molecule has 124 valence electrons. The van der Waals surface area contributed by atoms with E-state index in [0.717, 1.165) is 11.3 Å². The van der Waals surface area contributed by atoms with Crippen LogP contribution in [0.15, 0.2) is 41.0 Å². The van der Waals surface area contributed by atoms with Gasteiger partial charge in [-0.2, -0.15) is 0 Å². The molecule has 1 aromatic carbocycles. The number of rotatable bonds is 8. The Bertz CT molecular complexity index is 613. The van der Waals surface area contributed by atoms with Crippen molar-refractivity contribution in [2.24, 2.45) is 0 Å². The minimum atomic E-state index is -0.628. The number of methoxy groups -OCH3 is 1. The Kier molecular flexibility index (Phi) is 5.17. The van der Waals surface area contributed by atoms with E-state index in [9.17, 15) is 5.11 Å². The zero-order valence-corrected chi connectivity index (χ0v) is 13.1. The molecule has 3 rings (SSSR count). The van der Waals surface area contributed by atoms with Crippen LogP contribution in [0.4, 0.5) is 0 Å². The van der Waals surface area contributed by atoms with Gasteiger partial charge in [0, 0.05) is 20.2 Å². The van der Waals surface area contributed by atoms with Crippen LogP contribution in [-0.4, -0.2) is 43.6 Å². The lowest BCUT2D eigenvalue weighted by molar-refractivity contribution is 0.0810. The van der Waals surface area contributed by atoms with Gasteiger partial charge >= 0.3 is 0 Å². The second kappa shape index (κ2) is 7.50. The maximum Gasteiger partial charge on any atom is 0.231 e. The second-order valence-corrected chi connectivity index (χ2v) is 5.44. The third-order valence-corrected chi connectivity index (χ3v) is 3.78. The molecule has 0 aliphatic carbocycles. The number of aliphatic hydroxyl groups excluding tert-OH is 1. The first-order valence-corrected chi connectivity index (χ1v) is 7.57. The van der Waals surface area contributed by atoms with Crippen molar-refractivity contribution >= 4 is 0 Å². The Hall–Kier alpha value is -2.02. The van der Waals surface area contributed by atoms with Gasteiger partial charge in [0.15, 0.2) is 11.5 Å². The lowest BCUT2D eigenvalue weighted by atomic mass is 10.1. The van der Waals surface area contributed by atoms with Gasteiger partial charge in [-0.15, -0.1) is 0 Å². The molecule has 1 atom stereocenters. The van der Waals surface area contributed by atoms with Crippen LogP contribution >= 0.6 is 0 Å². The molecule has 0 radical (unpaired) electrons. The first kappa shape index (κ1) is 15.9. The normalized spacial score (nSPS) is 14.4. The largest absolute Gasteiger partial charge is 0.468 e. The van der Waals surface area contributed by atoms with Crippen molar-refractivity contribution in [2.75, 3.05) is 33.6 Å². The van der Waals surface area contributed by atoms with E-state index in [4.69, 9.17) is 18.6 Å². The van der Waals surface area contributed by atoms with Gasteiger partial charge in [-0.3, -0.25) is 4.90 Å². The number of furan rings is 1. The summed E-state index contributed by atoms with van der Waals surface area (Å²) in [5, 5.41) is 10.5. The Labute approximate surface area is 135 Å². The fourth-order valence-electron chi connectivity index (χ4n) is 2.55. The molecule has 6 heteroatoms. The molecule has 0 bridgehead atoms. The molecule has 0 saturated heterocycles. The Morgan fingerprint density at radius 1 is 1.26 bits per heavy atom. The molecule has 2 aromatic rings. The molecular formula is C17H21NO5. The van der Waals surface area contributed by atoms with E-state index in [2.05, 4.69) is 4.90 Å². The molecule has 6 nitrogen and oxygen atoms in total. The van der Waals surface area contributed by atoms with Crippen LogP contribution in [0.3, 0.4) is 0 Å². The standard InChI is InChI=1S/C17H21NO5/c1-20-8-6-18(10-14-3-2-7-21-14)11-15(19)13-4-5-16-17(9-13)23-12-22-16/h2-5,7,9,15,19H,6,8,10-12H2,1H3/t15-/m1/s1. The van der Waals surface area contributed by atoms with Gasteiger partial charge in [0.05, 0.1) is 25.5 Å². The first-order valence-electron chi connectivity index (χ1n) is 7.57. The van der Waals surface area contributed by atoms with Crippen LogP contribution in [-0.2, 0) is 11.3 Å². The molecule has 23 heavy (non-hydrogen) atoms. The van der Waals surface area contributed by atoms with Gasteiger partial charge in [0.1, 0.15) is 5.76 Å². The monoisotopic (exact) mass is 319 g/mol. The average molecular weight is 319 g/mol. The van der Waals surface area contributed by atoms with Crippen LogP contribution in [0, 0.1) is 0 Å². The minimum Gasteiger partial charge on any atom is -0.468 e. The lowest BCUT2D eigenvalue weighted by Crippen LogP contribution is -2.31. The molecule has 1 N–H and O–H groups in total. The predicted octanol–water partition coefficient (Wildman–Crippen LogP) is 2.19. The summed E-state index contributed by atoms with van der Waals surface area (Å²) in [7, 11) is 1.67. The lowest BCUT2D eigenvalue weighted by Gasteiger charge is -2.24. The first-order chi connectivity index (χ1) is 11.3. The summed E-state index contributed by atoms with van der Waals surface area (Å²) in [6.45, 7) is 2.63.